The molecule has 0 bridgehead atoms. The van der Waals surface area contributed by atoms with Gasteiger partial charge in [-0.05, 0) is 39.0 Å². The van der Waals surface area contributed by atoms with Crippen LogP contribution in [0.15, 0.2) is 12.7 Å². The lowest BCUT2D eigenvalue weighted by Crippen LogP contribution is -2.42. The minimum Gasteiger partial charge on any atom is -0.342 e. The first-order valence-electron chi connectivity index (χ1n) is 8.24. The minimum atomic E-state index is -0.455. The Morgan fingerprint density at radius 3 is 2.67 bits per heavy atom. The molecule has 0 aromatic rings. The van der Waals surface area contributed by atoms with E-state index in [4.69, 9.17) is 0 Å². The fourth-order valence-corrected chi connectivity index (χ4v) is 3.39. The predicted molar refractivity (Wildman–Crippen MR) is 83.8 cm³/mol. The lowest BCUT2D eigenvalue weighted by molar-refractivity contribution is -0.138. The largest absolute Gasteiger partial charge is 0.342 e. The van der Waals surface area contributed by atoms with Gasteiger partial charge in [0, 0.05) is 32.1 Å². The van der Waals surface area contributed by atoms with Gasteiger partial charge in [0.05, 0.1) is 5.41 Å². The molecule has 2 amide bonds. The van der Waals surface area contributed by atoms with Gasteiger partial charge in [0.15, 0.2) is 0 Å². The Kier molecular flexibility index (Phi) is 5.07. The number of likely N-dealkylation sites (tertiary alicyclic amines) is 2. The smallest absolute Gasteiger partial charge is 0.232 e. The van der Waals surface area contributed by atoms with Gasteiger partial charge in [-0.3, -0.25) is 9.59 Å². The van der Waals surface area contributed by atoms with Crippen LogP contribution < -0.4 is 0 Å². The molecule has 2 rings (SSSR count). The third kappa shape index (κ3) is 3.30. The van der Waals surface area contributed by atoms with Gasteiger partial charge >= 0.3 is 0 Å². The normalized spacial score (nSPS) is 26.4. The van der Waals surface area contributed by atoms with E-state index in [2.05, 4.69) is 6.58 Å². The molecule has 2 aliphatic rings. The third-order valence-corrected chi connectivity index (χ3v) is 5.21. The summed E-state index contributed by atoms with van der Waals surface area (Å²) in [6.07, 6.45) is 7.16. The van der Waals surface area contributed by atoms with Gasteiger partial charge in [0.1, 0.15) is 0 Å². The number of carbonyl (C=O) groups is 2. The average Bonchev–Trinajstić information content (AvgIpc) is 2.78. The van der Waals surface area contributed by atoms with Crippen molar-refractivity contribution in [1.29, 1.82) is 0 Å². The standard InChI is InChI=1S/C17H28N2O2/c1-4-17(3,5-2)16(21)18-11-6-8-14(10-13-18)19-12-7-9-15(19)20/h4,14H,1,5-13H2,2-3H3/t14-,17+/m1/s1. The number of carbonyl (C=O) groups excluding carboxylic acids is 2. The molecule has 0 spiro atoms. The summed E-state index contributed by atoms with van der Waals surface area (Å²) < 4.78 is 0. The third-order valence-electron chi connectivity index (χ3n) is 5.21. The van der Waals surface area contributed by atoms with Crippen LogP contribution in [0, 0.1) is 5.41 Å². The topological polar surface area (TPSA) is 40.6 Å². The number of nitrogens with zero attached hydrogens (tertiary/aromatic N) is 2. The molecular weight excluding hydrogens is 264 g/mol. The second-order valence-electron chi connectivity index (χ2n) is 6.54. The van der Waals surface area contributed by atoms with E-state index in [0.717, 1.165) is 51.7 Å². The molecule has 0 aromatic carbocycles. The SMILES string of the molecule is C=C[C@@](C)(CC)C(=O)N1CCC[C@@H](N2CCCC2=O)CC1. The summed E-state index contributed by atoms with van der Waals surface area (Å²) in [7, 11) is 0. The first-order chi connectivity index (χ1) is 10.0. The Balaban J connectivity index is 1.99. The lowest BCUT2D eigenvalue weighted by atomic mass is 9.86. The van der Waals surface area contributed by atoms with E-state index in [1.807, 2.05) is 23.6 Å². The van der Waals surface area contributed by atoms with Crippen LogP contribution >= 0.6 is 0 Å². The van der Waals surface area contributed by atoms with Crippen molar-refractivity contribution in [2.45, 2.75) is 58.4 Å². The lowest BCUT2D eigenvalue weighted by Gasteiger charge is -2.31. The fourth-order valence-electron chi connectivity index (χ4n) is 3.39. The van der Waals surface area contributed by atoms with Crippen molar-refractivity contribution in [3.8, 4) is 0 Å². The molecule has 21 heavy (non-hydrogen) atoms. The van der Waals surface area contributed by atoms with Crippen molar-refractivity contribution in [1.82, 2.24) is 9.80 Å². The van der Waals surface area contributed by atoms with Crippen LogP contribution in [0.25, 0.3) is 0 Å². The second-order valence-corrected chi connectivity index (χ2v) is 6.54. The highest BCUT2D eigenvalue weighted by molar-refractivity contribution is 5.84. The summed E-state index contributed by atoms with van der Waals surface area (Å²) in [6, 6.07) is 0.328. The van der Waals surface area contributed by atoms with Crippen LogP contribution in [0.4, 0.5) is 0 Å². The molecule has 0 N–H and O–H groups in total. The predicted octanol–water partition coefficient (Wildman–Crippen LogP) is 2.59. The quantitative estimate of drug-likeness (QED) is 0.747. The summed E-state index contributed by atoms with van der Waals surface area (Å²) in [5, 5.41) is 0. The summed E-state index contributed by atoms with van der Waals surface area (Å²) in [6.45, 7) is 10.3. The van der Waals surface area contributed by atoms with Crippen molar-refractivity contribution < 1.29 is 9.59 Å². The number of rotatable bonds is 4. The maximum Gasteiger partial charge on any atom is 0.232 e. The molecule has 0 aliphatic carbocycles. The molecule has 0 radical (unpaired) electrons. The van der Waals surface area contributed by atoms with Crippen LogP contribution in [0.2, 0.25) is 0 Å². The molecule has 2 heterocycles. The van der Waals surface area contributed by atoms with Crippen LogP contribution in [-0.4, -0.2) is 47.3 Å². The summed E-state index contributed by atoms with van der Waals surface area (Å²) in [4.78, 5) is 28.6. The summed E-state index contributed by atoms with van der Waals surface area (Å²) in [5.74, 6) is 0.484. The first-order valence-corrected chi connectivity index (χ1v) is 8.24. The van der Waals surface area contributed by atoms with E-state index < -0.39 is 5.41 Å². The van der Waals surface area contributed by atoms with E-state index in [-0.39, 0.29) is 5.91 Å². The molecule has 0 aromatic heterocycles. The molecule has 4 nitrogen and oxygen atoms in total. The highest BCUT2D eigenvalue weighted by Crippen LogP contribution is 2.28. The minimum absolute atomic E-state index is 0.188. The zero-order valence-electron chi connectivity index (χ0n) is 13.4. The second kappa shape index (κ2) is 6.63. The highest BCUT2D eigenvalue weighted by Gasteiger charge is 2.35. The average molecular weight is 292 g/mol. The molecular formula is C17H28N2O2. The van der Waals surface area contributed by atoms with Crippen LogP contribution in [0.5, 0.6) is 0 Å². The summed E-state index contributed by atoms with van der Waals surface area (Å²) in [5.41, 5.74) is -0.455. The molecule has 2 atom stereocenters. The maximum absolute atomic E-state index is 12.7. The molecule has 0 unspecified atom stereocenters. The summed E-state index contributed by atoms with van der Waals surface area (Å²) >= 11 is 0. The van der Waals surface area contributed by atoms with Crippen molar-refractivity contribution in [3.63, 3.8) is 0 Å². The van der Waals surface area contributed by atoms with Crippen molar-refractivity contribution in [2.75, 3.05) is 19.6 Å². The number of hydrogen-bond donors (Lipinski definition) is 0. The van der Waals surface area contributed by atoms with Gasteiger partial charge < -0.3 is 9.80 Å². The molecule has 0 saturated carbocycles. The Bertz CT molecular complexity index is 421. The zero-order chi connectivity index (χ0) is 15.5. The van der Waals surface area contributed by atoms with Crippen LogP contribution in [0.3, 0.4) is 0 Å². The molecule has 2 fully saturated rings. The van der Waals surface area contributed by atoms with Crippen molar-refractivity contribution in [2.24, 2.45) is 5.41 Å². The Morgan fingerprint density at radius 2 is 2.10 bits per heavy atom. The Labute approximate surface area is 128 Å². The van der Waals surface area contributed by atoms with Gasteiger partial charge in [-0.25, -0.2) is 0 Å². The van der Waals surface area contributed by atoms with E-state index in [1.54, 1.807) is 6.08 Å². The van der Waals surface area contributed by atoms with Crippen LogP contribution in [-0.2, 0) is 9.59 Å². The van der Waals surface area contributed by atoms with E-state index in [9.17, 15) is 9.59 Å². The van der Waals surface area contributed by atoms with Gasteiger partial charge in [-0.2, -0.15) is 0 Å². The van der Waals surface area contributed by atoms with E-state index >= 15 is 0 Å². The molecule has 2 saturated heterocycles. The van der Waals surface area contributed by atoms with Crippen molar-refractivity contribution in [3.05, 3.63) is 12.7 Å². The molecule has 4 heteroatoms. The molecule has 118 valence electrons. The number of hydrogen-bond acceptors (Lipinski definition) is 2. The Morgan fingerprint density at radius 1 is 1.33 bits per heavy atom. The van der Waals surface area contributed by atoms with Gasteiger partial charge in [-0.1, -0.05) is 13.0 Å². The van der Waals surface area contributed by atoms with Gasteiger partial charge in [0.25, 0.3) is 0 Å². The maximum atomic E-state index is 12.7. The van der Waals surface area contributed by atoms with Crippen LogP contribution in [0.1, 0.15) is 52.4 Å². The zero-order valence-corrected chi connectivity index (χ0v) is 13.4. The van der Waals surface area contributed by atoms with E-state index in [0.29, 0.717) is 18.4 Å². The van der Waals surface area contributed by atoms with Gasteiger partial charge in [0.2, 0.25) is 11.8 Å². The number of amides is 2. The van der Waals surface area contributed by atoms with E-state index in [1.165, 1.54) is 0 Å². The first kappa shape index (κ1) is 16.1. The van der Waals surface area contributed by atoms with Gasteiger partial charge in [-0.15, -0.1) is 6.58 Å². The Hall–Kier alpha value is -1.32. The molecule has 2 aliphatic heterocycles. The fraction of sp³-hybridized carbons (Fsp3) is 0.765. The monoisotopic (exact) mass is 292 g/mol. The van der Waals surface area contributed by atoms with Crippen molar-refractivity contribution >= 4 is 11.8 Å². The highest BCUT2D eigenvalue weighted by atomic mass is 16.2.